The fourth-order valence-electron chi connectivity index (χ4n) is 1.56. The summed E-state index contributed by atoms with van der Waals surface area (Å²) in [6.07, 6.45) is 1.51. The highest BCUT2D eigenvalue weighted by Crippen LogP contribution is 2.29. The average Bonchev–Trinajstić information content (AvgIpc) is 2.70. The normalized spacial score (nSPS) is 10.9. The van der Waals surface area contributed by atoms with E-state index in [0.717, 1.165) is 16.4 Å². The third-order valence-electron chi connectivity index (χ3n) is 2.31. The van der Waals surface area contributed by atoms with Crippen LogP contribution in [0.3, 0.4) is 0 Å². The van der Waals surface area contributed by atoms with E-state index < -0.39 is 0 Å². The van der Waals surface area contributed by atoms with Crippen LogP contribution in [0, 0.1) is 0 Å². The van der Waals surface area contributed by atoms with Crippen molar-refractivity contribution in [2.75, 3.05) is 0 Å². The monoisotopic (exact) mass is 221 g/mol. The molecule has 3 nitrogen and oxygen atoms in total. The van der Waals surface area contributed by atoms with E-state index in [9.17, 15) is 0 Å². The summed E-state index contributed by atoms with van der Waals surface area (Å²) < 4.78 is 0. The first kappa shape index (κ1) is 10.2. The van der Waals surface area contributed by atoms with Crippen molar-refractivity contribution in [3.05, 3.63) is 35.1 Å². The lowest BCUT2D eigenvalue weighted by Gasteiger charge is -2.10. The molecule has 0 radical (unpaired) electrons. The third kappa shape index (κ3) is 2.02. The molecule has 1 heterocycles. The summed E-state index contributed by atoms with van der Waals surface area (Å²) in [6, 6.07) is 5.81. The maximum Gasteiger partial charge on any atom is 0.155 e. The molecule has 1 N–H and O–H groups in total. The SMILES string of the molecule is CC(C)c1cc(Cl)ccc1-c1ncn[nH]1. The van der Waals surface area contributed by atoms with E-state index in [1.54, 1.807) is 0 Å². The Morgan fingerprint density at radius 3 is 2.73 bits per heavy atom. The minimum Gasteiger partial charge on any atom is -0.259 e. The largest absolute Gasteiger partial charge is 0.259 e. The van der Waals surface area contributed by atoms with Crippen molar-refractivity contribution in [1.29, 1.82) is 0 Å². The van der Waals surface area contributed by atoms with Gasteiger partial charge in [0.05, 0.1) is 0 Å². The smallest absolute Gasteiger partial charge is 0.155 e. The lowest BCUT2D eigenvalue weighted by atomic mass is 9.97. The van der Waals surface area contributed by atoms with Crippen molar-refractivity contribution in [3.8, 4) is 11.4 Å². The van der Waals surface area contributed by atoms with Gasteiger partial charge in [0.1, 0.15) is 6.33 Å². The Hall–Kier alpha value is -1.35. The van der Waals surface area contributed by atoms with Gasteiger partial charge in [-0.15, -0.1) is 0 Å². The molecule has 0 aliphatic heterocycles. The molecular formula is C11H12ClN3. The number of hydrogen-bond acceptors (Lipinski definition) is 2. The van der Waals surface area contributed by atoms with E-state index in [0.29, 0.717) is 5.92 Å². The molecule has 0 unspecified atom stereocenters. The highest BCUT2D eigenvalue weighted by Gasteiger charge is 2.10. The summed E-state index contributed by atoms with van der Waals surface area (Å²) in [6.45, 7) is 4.26. The van der Waals surface area contributed by atoms with E-state index in [4.69, 9.17) is 11.6 Å². The number of halogens is 1. The number of hydrogen-bond donors (Lipinski definition) is 1. The first-order valence-corrected chi connectivity index (χ1v) is 5.21. The lowest BCUT2D eigenvalue weighted by Crippen LogP contribution is -1.93. The second-order valence-corrected chi connectivity index (χ2v) is 4.16. The van der Waals surface area contributed by atoms with Gasteiger partial charge in [0, 0.05) is 10.6 Å². The molecule has 15 heavy (non-hydrogen) atoms. The Balaban J connectivity index is 2.56. The van der Waals surface area contributed by atoms with E-state index in [1.165, 1.54) is 11.9 Å². The lowest BCUT2D eigenvalue weighted by molar-refractivity contribution is 0.866. The van der Waals surface area contributed by atoms with Crippen molar-refractivity contribution in [1.82, 2.24) is 15.2 Å². The Labute approximate surface area is 93.5 Å². The van der Waals surface area contributed by atoms with Gasteiger partial charge in [0.25, 0.3) is 0 Å². The number of rotatable bonds is 2. The number of aromatic nitrogens is 3. The third-order valence-corrected chi connectivity index (χ3v) is 2.54. The molecule has 1 aromatic carbocycles. The minimum atomic E-state index is 0.406. The number of benzene rings is 1. The van der Waals surface area contributed by atoms with Crippen molar-refractivity contribution in [2.24, 2.45) is 0 Å². The van der Waals surface area contributed by atoms with Crippen LogP contribution in [0.5, 0.6) is 0 Å². The van der Waals surface area contributed by atoms with Crippen molar-refractivity contribution >= 4 is 11.6 Å². The highest BCUT2D eigenvalue weighted by atomic mass is 35.5. The van der Waals surface area contributed by atoms with Crippen LogP contribution in [-0.4, -0.2) is 15.2 Å². The zero-order chi connectivity index (χ0) is 10.8. The minimum absolute atomic E-state index is 0.406. The van der Waals surface area contributed by atoms with Gasteiger partial charge in [-0.05, 0) is 29.7 Å². The quantitative estimate of drug-likeness (QED) is 0.846. The van der Waals surface area contributed by atoms with E-state index >= 15 is 0 Å². The van der Waals surface area contributed by atoms with Crippen molar-refractivity contribution < 1.29 is 0 Å². The van der Waals surface area contributed by atoms with Crippen LogP contribution in [0.15, 0.2) is 24.5 Å². The number of H-pyrrole nitrogens is 1. The van der Waals surface area contributed by atoms with Crippen LogP contribution in [0.2, 0.25) is 5.02 Å². The van der Waals surface area contributed by atoms with Crippen LogP contribution < -0.4 is 0 Å². The Morgan fingerprint density at radius 2 is 2.13 bits per heavy atom. The van der Waals surface area contributed by atoms with Crippen LogP contribution in [0.4, 0.5) is 0 Å². The zero-order valence-corrected chi connectivity index (χ0v) is 9.42. The fourth-order valence-corrected chi connectivity index (χ4v) is 1.74. The molecule has 78 valence electrons. The summed E-state index contributed by atoms with van der Waals surface area (Å²) in [5.74, 6) is 1.19. The summed E-state index contributed by atoms with van der Waals surface area (Å²) in [5, 5.41) is 7.47. The molecule has 0 amide bonds. The molecule has 2 rings (SSSR count). The topological polar surface area (TPSA) is 41.6 Å². The Kier molecular flexibility index (Phi) is 2.73. The van der Waals surface area contributed by atoms with Crippen molar-refractivity contribution in [2.45, 2.75) is 19.8 Å². The average molecular weight is 222 g/mol. The Morgan fingerprint density at radius 1 is 1.33 bits per heavy atom. The van der Waals surface area contributed by atoms with Gasteiger partial charge in [-0.25, -0.2) is 4.98 Å². The van der Waals surface area contributed by atoms with Gasteiger partial charge in [0.2, 0.25) is 0 Å². The second kappa shape index (κ2) is 4.03. The van der Waals surface area contributed by atoms with Gasteiger partial charge < -0.3 is 0 Å². The summed E-state index contributed by atoms with van der Waals surface area (Å²) in [7, 11) is 0. The standard InChI is InChI=1S/C11H12ClN3/c1-7(2)10-5-8(12)3-4-9(10)11-13-6-14-15-11/h3-7H,1-2H3,(H,13,14,15). The maximum absolute atomic E-state index is 5.98. The molecular weight excluding hydrogens is 210 g/mol. The number of nitrogens with one attached hydrogen (secondary N) is 1. The second-order valence-electron chi connectivity index (χ2n) is 3.72. The van der Waals surface area contributed by atoms with Gasteiger partial charge in [-0.2, -0.15) is 5.10 Å². The summed E-state index contributed by atoms with van der Waals surface area (Å²) in [5.41, 5.74) is 2.24. The molecule has 0 spiro atoms. The molecule has 0 saturated heterocycles. The first-order chi connectivity index (χ1) is 7.18. The van der Waals surface area contributed by atoms with Crippen LogP contribution in [-0.2, 0) is 0 Å². The van der Waals surface area contributed by atoms with E-state index in [2.05, 4.69) is 29.0 Å². The molecule has 0 bridgehead atoms. The molecule has 4 heteroatoms. The summed E-state index contributed by atoms with van der Waals surface area (Å²) in [4.78, 5) is 4.15. The molecule has 0 saturated carbocycles. The highest BCUT2D eigenvalue weighted by molar-refractivity contribution is 6.30. The predicted molar refractivity (Wildman–Crippen MR) is 60.9 cm³/mol. The molecule has 0 fully saturated rings. The molecule has 2 aromatic rings. The van der Waals surface area contributed by atoms with Crippen LogP contribution in [0.1, 0.15) is 25.3 Å². The van der Waals surface area contributed by atoms with E-state index in [1.807, 2.05) is 18.2 Å². The zero-order valence-electron chi connectivity index (χ0n) is 8.66. The van der Waals surface area contributed by atoms with Gasteiger partial charge in [0.15, 0.2) is 5.82 Å². The predicted octanol–water partition coefficient (Wildman–Crippen LogP) is 3.25. The first-order valence-electron chi connectivity index (χ1n) is 4.83. The van der Waals surface area contributed by atoms with Crippen molar-refractivity contribution in [3.63, 3.8) is 0 Å². The molecule has 0 aliphatic carbocycles. The number of aromatic amines is 1. The molecule has 0 aliphatic rings. The fraction of sp³-hybridized carbons (Fsp3) is 0.273. The van der Waals surface area contributed by atoms with Gasteiger partial charge >= 0.3 is 0 Å². The Bertz CT molecular complexity index is 449. The molecule has 0 atom stereocenters. The number of nitrogens with zero attached hydrogens (tertiary/aromatic N) is 2. The van der Waals surface area contributed by atoms with Crippen LogP contribution in [0.25, 0.3) is 11.4 Å². The molecule has 1 aromatic heterocycles. The summed E-state index contributed by atoms with van der Waals surface area (Å²) >= 11 is 5.98. The van der Waals surface area contributed by atoms with Crippen LogP contribution >= 0.6 is 11.6 Å². The van der Waals surface area contributed by atoms with E-state index in [-0.39, 0.29) is 0 Å². The van der Waals surface area contributed by atoms with Gasteiger partial charge in [-0.3, -0.25) is 5.10 Å². The van der Waals surface area contributed by atoms with Gasteiger partial charge in [-0.1, -0.05) is 25.4 Å². The maximum atomic E-state index is 5.98.